The van der Waals surface area contributed by atoms with Crippen LogP contribution < -0.4 is 10.9 Å². The Hall–Kier alpha value is -2.30. The lowest BCUT2D eigenvalue weighted by molar-refractivity contribution is -0.135. The maximum Gasteiger partial charge on any atom is 0.262 e. The number of carbonyl (C=O) groups excluding carboxylic acids is 2. The van der Waals surface area contributed by atoms with E-state index < -0.39 is 0 Å². The van der Waals surface area contributed by atoms with Gasteiger partial charge in [0.05, 0.1) is 16.6 Å². The number of nitrogens with zero attached hydrogens (tertiary/aromatic N) is 5. The van der Waals surface area contributed by atoms with Crippen molar-refractivity contribution in [2.45, 2.75) is 59.0 Å². The van der Waals surface area contributed by atoms with Crippen LogP contribution in [0.3, 0.4) is 0 Å². The largest absolute Gasteiger partial charge is 0.351 e. The van der Waals surface area contributed by atoms with Gasteiger partial charge in [-0.05, 0) is 58.2 Å². The molecule has 1 unspecified atom stereocenters. The Morgan fingerprint density at radius 2 is 1.89 bits per heavy atom. The topological polar surface area (TPSA) is 90.8 Å². The van der Waals surface area contributed by atoms with Crippen LogP contribution in [-0.2, 0) is 11.3 Å². The summed E-state index contributed by atoms with van der Waals surface area (Å²) < 4.78 is 1.38. The van der Waals surface area contributed by atoms with Crippen molar-refractivity contribution in [2.24, 2.45) is 0 Å². The summed E-state index contributed by atoms with van der Waals surface area (Å²) in [5, 5.41) is 3.45. The summed E-state index contributed by atoms with van der Waals surface area (Å²) in [6.07, 6.45) is 5.46. The van der Waals surface area contributed by atoms with Crippen LogP contribution in [0.1, 0.15) is 54.8 Å². The lowest BCUT2D eigenvalue weighted by Gasteiger charge is -2.33. The first-order valence-corrected chi connectivity index (χ1v) is 13.7. The van der Waals surface area contributed by atoms with Gasteiger partial charge in [0, 0.05) is 45.3 Å². The summed E-state index contributed by atoms with van der Waals surface area (Å²) >= 11 is 1.24. The van der Waals surface area contributed by atoms with Gasteiger partial charge in [-0.25, -0.2) is 4.98 Å². The van der Waals surface area contributed by atoms with Crippen molar-refractivity contribution in [1.29, 1.82) is 0 Å². The van der Waals surface area contributed by atoms with Crippen molar-refractivity contribution in [2.75, 3.05) is 52.4 Å². The number of piperazine rings is 1. The molecule has 0 aromatic carbocycles. The lowest BCUT2D eigenvalue weighted by atomic mass is 10.0. The van der Waals surface area contributed by atoms with Crippen LogP contribution in [0, 0.1) is 6.92 Å². The standard InChI is InChI=1S/C25H38N6O3S/c1-4-28-12-14-29(15-13-28)10-7-9-26-23(33)22-19(3)21-24(35-22)27-17-30(25(21)34)16-20(32)31-11-6-5-8-18(31)2/h17-18H,4-16H2,1-3H3,(H,26,33). The minimum absolute atomic E-state index is 0.0184. The molecule has 2 saturated heterocycles. The van der Waals surface area contributed by atoms with Gasteiger partial charge in [0.2, 0.25) is 5.91 Å². The molecule has 4 rings (SSSR count). The van der Waals surface area contributed by atoms with Gasteiger partial charge in [0.25, 0.3) is 11.5 Å². The Morgan fingerprint density at radius 3 is 2.60 bits per heavy atom. The van der Waals surface area contributed by atoms with E-state index in [0.717, 1.165) is 71.5 Å². The predicted octanol–water partition coefficient (Wildman–Crippen LogP) is 1.92. The third-order valence-corrected chi connectivity index (χ3v) is 8.60. The van der Waals surface area contributed by atoms with E-state index in [4.69, 9.17) is 0 Å². The van der Waals surface area contributed by atoms with Crippen molar-refractivity contribution in [3.05, 3.63) is 27.1 Å². The molecular formula is C25H38N6O3S. The van der Waals surface area contributed by atoms with E-state index >= 15 is 0 Å². The van der Waals surface area contributed by atoms with Crippen LogP contribution in [0.2, 0.25) is 0 Å². The summed E-state index contributed by atoms with van der Waals surface area (Å²) in [4.78, 5) is 51.1. The molecule has 35 heavy (non-hydrogen) atoms. The zero-order valence-corrected chi connectivity index (χ0v) is 22.0. The minimum atomic E-state index is -0.257. The molecule has 0 spiro atoms. The Kier molecular flexibility index (Phi) is 8.56. The van der Waals surface area contributed by atoms with Crippen LogP contribution >= 0.6 is 11.3 Å². The molecule has 2 aromatic rings. The maximum atomic E-state index is 13.2. The van der Waals surface area contributed by atoms with Crippen LogP contribution in [0.4, 0.5) is 0 Å². The van der Waals surface area contributed by atoms with Crippen molar-refractivity contribution in [3.63, 3.8) is 0 Å². The third kappa shape index (κ3) is 5.92. The summed E-state index contributed by atoms with van der Waals surface area (Å²) in [6.45, 7) is 13.8. The van der Waals surface area contributed by atoms with Gasteiger partial charge >= 0.3 is 0 Å². The molecule has 2 aromatic heterocycles. The number of nitrogens with one attached hydrogen (secondary N) is 1. The number of aryl methyl sites for hydroxylation is 1. The Balaban J connectivity index is 1.36. The molecule has 1 atom stereocenters. The van der Waals surface area contributed by atoms with E-state index in [9.17, 15) is 14.4 Å². The molecule has 10 heteroatoms. The van der Waals surface area contributed by atoms with Gasteiger partial charge in [-0.2, -0.15) is 0 Å². The van der Waals surface area contributed by atoms with Gasteiger partial charge in [0.1, 0.15) is 11.4 Å². The Bertz CT molecular complexity index is 1100. The molecule has 0 aliphatic carbocycles. The summed E-state index contributed by atoms with van der Waals surface area (Å²) in [6, 6.07) is 0.197. The highest BCUT2D eigenvalue weighted by Crippen LogP contribution is 2.26. The van der Waals surface area contributed by atoms with Crippen molar-refractivity contribution in [3.8, 4) is 0 Å². The predicted molar refractivity (Wildman–Crippen MR) is 139 cm³/mol. The zero-order valence-electron chi connectivity index (χ0n) is 21.2. The Labute approximate surface area is 211 Å². The highest BCUT2D eigenvalue weighted by molar-refractivity contribution is 7.20. The molecule has 9 nitrogen and oxygen atoms in total. The molecule has 2 fully saturated rings. The van der Waals surface area contributed by atoms with Crippen LogP contribution in [-0.4, -0.2) is 94.5 Å². The monoisotopic (exact) mass is 502 g/mol. The fourth-order valence-corrected chi connectivity index (χ4v) is 6.16. The number of aromatic nitrogens is 2. The number of likely N-dealkylation sites (N-methyl/N-ethyl adjacent to an activating group) is 1. The average Bonchev–Trinajstić information content (AvgIpc) is 3.21. The number of carbonyl (C=O) groups is 2. The van der Waals surface area contributed by atoms with E-state index in [-0.39, 0.29) is 30.0 Å². The lowest BCUT2D eigenvalue weighted by Crippen LogP contribution is -2.46. The number of fused-ring (bicyclic) bond motifs is 1. The molecule has 1 N–H and O–H groups in total. The average molecular weight is 503 g/mol. The van der Waals surface area contributed by atoms with Gasteiger partial charge < -0.3 is 20.0 Å². The number of thiophene rings is 1. The molecule has 2 aliphatic rings. The van der Waals surface area contributed by atoms with Crippen molar-refractivity contribution < 1.29 is 9.59 Å². The van der Waals surface area contributed by atoms with E-state index in [1.165, 1.54) is 22.2 Å². The fourth-order valence-electron chi connectivity index (χ4n) is 5.11. The summed E-state index contributed by atoms with van der Waals surface area (Å²) in [5.74, 6) is -0.215. The molecule has 4 heterocycles. The first-order valence-electron chi connectivity index (χ1n) is 12.9. The number of rotatable bonds is 8. The third-order valence-electron chi connectivity index (χ3n) is 7.40. The van der Waals surface area contributed by atoms with Gasteiger partial charge in [-0.15, -0.1) is 11.3 Å². The van der Waals surface area contributed by atoms with E-state index in [1.807, 2.05) is 4.90 Å². The highest BCUT2D eigenvalue weighted by atomic mass is 32.1. The van der Waals surface area contributed by atoms with Gasteiger partial charge in [0.15, 0.2) is 0 Å². The maximum absolute atomic E-state index is 13.2. The summed E-state index contributed by atoms with van der Waals surface area (Å²) in [7, 11) is 0. The smallest absolute Gasteiger partial charge is 0.262 e. The van der Waals surface area contributed by atoms with Crippen molar-refractivity contribution in [1.82, 2.24) is 29.6 Å². The molecule has 192 valence electrons. The van der Waals surface area contributed by atoms with Crippen LogP contribution in [0.25, 0.3) is 10.2 Å². The second-order valence-electron chi connectivity index (χ2n) is 9.73. The fraction of sp³-hybridized carbons (Fsp3) is 0.680. The van der Waals surface area contributed by atoms with Gasteiger partial charge in [-0.1, -0.05) is 6.92 Å². The van der Waals surface area contributed by atoms with Gasteiger partial charge in [-0.3, -0.25) is 19.0 Å². The molecule has 0 radical (unpaired) electrons. The second-order valence-corrected chi connectivity index (χ2v) is 10.7. The first kappa shape index (κ1) is 25.8. The number of piperidine rings is 1. The molecule has 2 aliphatic heterocycles. The number of hydrogen-bond acceptors (Lipinski definition) is 7. The normalized spacial score (nSPS) is 19.9. The Morgan fingerprint density at radius 1 is 1.14 bits per heavy atom. The van der Waals surface area contributed by atoms with Crippen LogP contribution in [0.15, 0.2) is 11.1 Å². The molecular weight excluding hydrogens is 464 g/mol. The van der Waals surface area contributed by atoms with Crippen LogP contribution in [0.5, 0.6) is 0 Å². The van der Waals surface area contributed by atoms with E-state index in [1.54, 1.807) is 6.92 Å². The summed E-state index contributed by atoms with van der Waals surface area (Å²) in [5.41, 5.74) is 0.385. The molecule has 0 bridgehead atoms. The second kappa shape index (κ2) is 11.6. The molecule has 0 saturated carbocycles. The first-order chi connectivity index (χ1) is 16.9. The highest BCUT2D eigenvalue weighted by Gasteiger charge is 2.25. The number of likely N-dealkylation sites (tertiary alicyclic amines) is 1. The SMILES string of the molecule is CCN1CCN(CCCNC(=O)c2sc3ncn(CC(=O)N4CCCCC4C)c(=O)c3c2C)CC1. The molecule has 2 amide bonds. The number of amides is 2. The quantitative estimate of drug-likeness (QED) is 0.555. The number of hydrogen-bond donors (Lipinski definition) is 1. The van der Waals surface area contributed by atoms with E-state index in [2.05, 4.69) is 33.9 Å². The van der Waals surface area contributed by atoms with E-state index in [0.29, 0.717) is 27.2 Å². The zero-order chi connectivity index (χ0) is 24.9. The van der Waals surface area contributed by atoms with Crippen molar-refractivity contribution >= 4 is 33.4 Å². The minimum Gasteiger partial charge on any atom is -0.351 e.